The van der Waals surface area contributed by atoms with Gasteiger partial charge < -0.3 is 0 Å². The van der Waals surface area contributed by atoms with Crippen LogP contribution in [0.15, 0.2) is 19.9 Å². The van der Waals surface area contributed by atoms with Crippen molar-refractivity contribution in [3.8, 4) is 0 Å². The summed E-state index contributed by atoms with van der Waals surface area (Å²) in [5, 5.41) is 0. The first-order chi connectivity index (χ1) is 5.04. The molecule has 1 aromatic carbocycles. The summed E-state index contributed by atoms with van der Waals surface area (Å²) in [6.07, 6.45) is 0. The van der Waals surface area contributed by atoms with E-state index in [9.17, 15) is 8.78 Å². The minimum absolute atomic E-state index is 0.102. The SMILES string of the molecule is Fc1c(S)cc(Br)c(F)c1Br. The third-order valence-electron chi connectivity index (χ3n) is 1.08. The van der Waals surface area contributed by atoms with Gasteiger partial charge in [-0.15, -0.1) is 12.6 Å². The lowest BCUT2D eigenvalue weighted by Gasteiger charge is -2.01. The molecule has 0 saturated heterocycles. The van der Waals surface area contributed by atoms with Crippen LogP contribution in [0.25, 0.3) is 0 Å². The van der Waals surface area contributed by atoms with Crippen molar-refractivity contribution in [3.63, 3.8) is 0 Å². The molecule has 0 N–H and O–H groups in total. The zero-order valence-electron chi connectivity index (χ0n) is 5.04. The molecule has 0 bridgehead atoms. The van der Waals surface area contributed by atoms with E-state index in [0.717, 1.165) is 0 Å². The van der Waals surface area contributed by atoms with Crippen molar-refractivity contribution in [2.24, 2.45) is 0 Å². The van der Waals surface area contributed by atoms with Crippen molar-refractivity contribution in [1.29, 1.82) is 0 Å². The second kappa shape index (κ2) is 3.41. The Balaban J connectivity index is 3.46. The maximum atomic E-state index is 12.8. The van der Waals surface area contributed by atoms with Crippen LogP contribution in [0.2, 0.25) is 0 Å². The summed E-state index contributed by atoms with van der Waals surface area (Å²) in [5.74, 6) is -1.34. The molecule has 0 atom stereocenters. The molecule has 0 amide bonds. The predicted molar refractivity (Wildman–Crippen MR) is 49.0 cm³/mol. The summed E-state index contributed by atoms with van der Waals surface area (Å²) in [5.41, 5.74) is 0. The fourth-order valence-corrected chi connectivity index (χ4v) is 2.25. The average molecular weight is 304 g/mol. The molecule has 0 fully saturated rings. The Hall–Kier alpha value is 0.390. The zero-order chi connectivity index (χ0) is 8.59. The highest BCUT2D eigenvalue weighted by molar-refractivity contribution is 9.11. The summed E-state index contributed by atoms with van der Waals surface area (Å²) >= 11 is 9.45. The van der Waals surface area contributed by atoms with Crippen LogP contribution in [0.1, 0.15) is 0 Å². The molecule has 0 aliphatic heterocycles. The van der Waals surface area contributed by atoms with Crippen LogP contribution >= 0.6 is 44.5 Å². The summed E-state index contributed by atoms with van der Waals surface area (Å²) in [7, 11) is 0. The van der Waals surface area contributed by atoms with Crippen molar-refractivity contribution in [1.82, 2.24) is 0 Å². The summed E-state index contributed by atoms with van der Waals surface area (Å²) < 4.78 is 25.6. The molecule has 0 radical (unpaired) electrons. The first-order valence-electron chi connectivity index (χ1n) is 2.56. The minimum atomic E-state index is -0.686. The molecule has 5 heteroatoms. The number of benzene rings is 1. The molecule has 1 rings (SSSR count). The number of hydrogen-bond acceptors (Lipinski definition) is 1. The van der Waals surface area contributed by atoms with Crippen molar-refractivity contribution >= 4 is 44.5 Å². The van der Waals surface area contributed by atoms with Gasteiger partial charge in [0.05, 0.1) is 8.95 Å². The van der Waals surface area contributed by atoms with Gasteiger partial charge >= 0.3 is 0 Å². The van der Waals surface area contributed by atoms with Gasteiger partial charge in [-0.3, -0.25) is 0 Å². The molecule has 0 saturated carbocycles. The van der Waals surface area contributed by atoms with Gasteiger partial charge in [-0.2, -0.15) is 0 Å². The van der Waals surface area contributed by atoms with E-state index in [2.05, 4.69) is 44.5 Å². The molecular weight excluding hydrogens is 302 g/mol. The Kier molecular flexibility index (Phi) is 2.94. The van der Waals surface area contributed by atoms with Crippen LogP contribution in [0, 0.1) is 11.6 Å². The highest BCUT2D eigenvalue weighted by Crippen LogP contribution is 2.30. The predicted octanol–water partition coefficient (Wildman–Crippen LogP) is 3.78. The van der Waals surface area contributed by atoms with E-state index in [1.807, 2.05) is 0 Å². The van der Waals surface area contributed by atoms with Gasteiger partial charge in [-0.25, -0.2) is 8.78 Å². The van der Waals surface area contributed by atoms with Crippen LogP contribution in [0.4, 0.5) is 8.78 Å². The number of thiol groups is 1. The molecule has 0 nitrogen and oxygen atoms in total. The standard InChI is InChI=1S/C6H2Br2F2S/c7-2-1-3(11)6(10)4(8)5(2)9/h1,11H. The van der Waals surface area contributed by atoms with Crippen molar-refractivity contribution in [2.45, 2.75) is 4.90 Å². The highest BCUT2D eigenvalue weighted by Gasteiger charge is 2.12. The first kappa shape index (κ1) is 9.48. The fourth-order valence-electron chi connectivity index (χ4n) is 0.560. The van der Waals surface area contributed by atoms with Gasteiger partial charge in [-0.05, 0) is 37.9 Å². The molecular formula is C6H2Br2F2S. The summed E-state index contributed by atoms with van der Waals surface area (Å²) in [6.45, 7) is 0. The second-order valence-electron chi connectivity index (χ2n) is 1.82. The third kappa shape index (κ3) is 1.76. The Bertz CT molecular complexity index is 275. The van der Waals surface area contributed by atoms with E-state index in [4.69, 9.17) is 0 Å². The van der Waals surface area contributed by atoms with Gasteiger partial charge in [0.25, 0.3) is 0 Å². The summed E-state index contributed by atoms with van der Waals surface area (Å²) in [4.78, 5) is 0.102. The second-order valence-corrected chi connectivity index (χ2v) is 3.95. The van der Waals surface area contributed by atoms with Gasteiger partial charge in [0.1, 0.15) is 0 Å². The van der Waals surface area contributed by atoms with E-state index in [1.165, 1.54) is 6.07 Å². The van der Waals surface area contributed by atoms with Gasteiger partial charge in [0.15, 0.2) is 11.6 Å². The van der Waals surface area contributed by atoms with E-state index in [1.54, 1.807) is 0 Å². The van der Waals surface area contributed by atoms with Crippen molar-refractivity contribution in [3.05, 3.63) is 26.6 Å². The zero-order valence-corrected chi connectivity index (χ0v) is 9.10. The number of rotatable bonds is 0. The quantitative estimate of drug-likeness (QED) is 0.421. The monoisotopic (exact) mass is 302 g/mol. The Morgan fingerprint density at radius 3 is 2.27 bits per heavy atom. The topological polar surface area (TPSA) is 0 Å². The lowest BCUT2D eigenvalue weighted by molar-refractivity contribution is 0.550. The van der Waals surface area contributed by atoms with Crippen LogP contribution in [-0.2, 0) is 0 Å². The van der Waals surface area contributed by atoms with Gasteiger partial charge in [0, 0.05) is 4.90 Å². The first-order valence-corrected chi connectivity index (χ1v) is 4.59. The van der Waals surface area contributed by atoms with Crippen LogP contribution in [0.3, 0.4) is 0 Å². The van der Waals surface area contributed by atoms with Crippen LogP contribution in [-0.4, -0.2) is 0 Å². The number of hydrogen-bond donors (Lipinski definition) is 1. The average Bonchev–Trinajstić information content (AvgIpc) is 1.97. The van der Waals surface area contributed by atoms with Crippen molar-refractivity contribution < 1.29 is 8.78 Å². The van der Waals surface area contributed by atoms with E-state index < -0.39 is 11.6 Å². The largest absolute Gasteiger partial charge is 0.204 e. The molecule has 0 aliphatic rings. The molecule has 0 spiro atoms. The molecule has 11 heavy (non-hydrogen) atoms. The van der Waals surface area contributed by atoms with Crippen LogP contribution in [0.5, 0.6) is 0 Å². The Labute approximate surface area is 84.7 Å². The fraction of sp³-hybridized carbons (Fsp3) is 0. The minimum Gasteiger partial charge on any atom is -0.204 e. The van der Waals surface area contributed by atoms with Gasteiger partial charge in [0.2, 0.25) is 0 Å². The molecule has 60 valence electrons. The number of halogens is 4. The molecule has 0 unspecified atom stereocenters. The summed E-state index contributed by atoms with van der Waals surface area (Å²) in [6, 6.07) is 1.26. The van der Waals surface area contributed by atoms with Crippen LogP contribution < -0.4 is 0 Å². The van der Waals surface area contributed by atoms with Gasteiger partial charge in [-0.1, -0.05) is 0 Å². The van der Waals surface area contributed by atoms with Crippen molar-refractivity contribution in [2.75, 3.05) is 0 Å². The lowest BCUT2D eigenvalue weighted by atomic mass is 10.3. The van der Waals surface area contributed by atoms with E-state index in [-0.39, 0.29) is 13.8 Å². The smallest absolute Gasteiger partial charge is 0.154 e. The normalized spacial score (nSPS) is 10.3. The Morgan fingerprint density at radius 2 is 1.73 bits per heavy atom. The molecule has 0 aliphatic carbocycles. The van der Waals surface area contributed by atoms with E-state index >= 15 is 0 Å². The molecule has 0 aromatic heterocycles. The third-order valence-corrected chi connectivity index (χ3v) is 2.68. The maximum Gasteiger partial charge on any atom is 0.154 e. The molecule has 1 aromatic rings. The highest BCUT2D eigenvalue weighted by atomic mass is 79.9. The Morgan fingerprint density at radius 1 is 1.18 bits per heavy atom. The maximum absolute atomic E-state index is 12.8. The van der Waals surface area contributed by atoms with E-state index in [0.29, 0.717) is 0 Å². The lowest BCUT2D eigenvalue weighted by Crippen LogP contribution is -1.87. The molecule has 0 heterocycles.